The summed E-state index contributed by atoms with van der Waals surface area (Å²) in [4.78, 5) is 12.2. The van der Waals surface area contributed by atoms with Gasteiger partial charge < -0.3 is 20.6 Å². The van der Waals surface area contributed by atoms with Gasteiger partial charge in [0.2, 0.25) is 5.91 Å². The second kappa shape index (κ2) is 25.4. The van der Waals surface area contributed by atoms with Crippen LogP contribution in [0.4, 0.5) is 0 Å². The normalized spacial score (nSPS) is 14.1. The van der Waals surface area contributed by atoms with E-state index in [0.717, 1.165) is 38.5 Å². The molecule has 0 bridgehead atoms. The van der Waals surface area contributed by atoms with E-state index in [1.54, 1.807) is 0 Å². The number of amides is 1. The third kappa shape index (κ3) is 20.7. The van der Waals surface area contributed by atoms with Crippen molar-refractivity contribution in [1.82, 2.24) is 5.32 Å². The van der Waals surface area contributed by atoms with E-state index in [-0.39, 0.29) is 12.5 Å². The van der Waals surface area contributed by atoms with E-state index < -0.39 is 18.2 Å². The minimum atomic E-state index is -1.12. The summed E-state index contributed by atoms with van der Waals surface area (Å²) in [5, 5.41) is 33.0. The molecular weight excluding hydrogens is 426 g/mol. The maximum Gasteiger partial charge on any atom is 0.220 e. The van der Waals surface area contributed by atoms with Gasteiger partial charge in [0, 0.05) is 6.42 Å². The lowest BCUT2D eigenvalue weighted by Gasteiger charge is -2.26. The minimum absolute atomic E-state index is 0.149. The van der Waals surface area contributed by atoms with E-state index in [2.05, 4.69) is 19.2 Å². The third-order valence-electron chi connectivity index (χ3n) is 6.96. The van der Waals surface area contributed by atoms with Gasteiger partial charge in [-0.1, -0.05) is 136 Å². The maximum atomic E-state index is 12.2. The molecule has 0 saturated carbocycles. The molecule has 5 heteroatoms. The first-order chi connectivity index (χ1) is 16.6. The Balaban J connectivity index is 3.76. The topological polar surface area (TPSA) is 89.8 Å². The standard InChI is InChI=1S/C29H59NO4/c1-3-5-7-9-11-13-14-16-18-20-22-24-28(33)30-26(25-31)29(34)27(32)23-21-19-17-15-12-10-8-6-4-2/h26-27,29,31-32,34H,3-25H2,1-2H3,(H,30,33)/t26-,27+,29-/m0/s1. The first-order valence-electron chi connectivity index (χ1n) is 14.8. The number of carbonyl (C=O) groups is 1. The van der Waals surface area contributed by atoms with Gasteiger partial charge in [-0.05, 0) is 12.8 Å². The number of aliphatic hydroxyl groups is 3. The number of aliphatic hydroxyl groups excluding tert-OH is 3. The lowest BCUT2D eigenvalue weighted by molar-refractivity contribution is -0.124. The number of unbranched alkanes of at least 4 members (excludes halogenated alkanes) is 18. The zero-order valence-electron chi connectivity index (χ0n) is 22.7. The fourth-order valence-electron chi connectivity index (χ4n) is 4.57. The van der Waals surface area contributed by atoms with Crippen LogP contribution in [-0.2, 0) is 4.79 Å². The lowest BCUT2D eigenvalue weighted by atomic mass is 9.99. The average Bonchev–Trinajstić information content (AvgIpc) is 2.84. The highest BCUT2D eigenvalue weighted by molar-refractivity contribution is 5.76. The molecule has 0 aliphatic rings. The van der Waals surface area contributed by atoms with Gasteiger partial charge in [0.25, 0.3) is 0 Å². The van der Waals surface area contributed by atoms with E-state index >= 15 is 0 Å². The van der Waals surface area contributed by atoms with E-state index in [1.807, 2.05) is 0 Å². The van der Waals surface area contributed by atoms with Crippen molar-refractivity contribution in [2.45, 2.75) is 173 Å². The first-order valence-corrected chi connectivity index (χ1v) is 14.8. The van der Waals surface area contributed by atoms with Crippen molar-refractivity contribution < 1.29 is 20.1 Å². The summed E-state index contributed by atoms with van der Waals surface area (Å²) in [6, 6.07) is -0.797. The van der Waals surface area contributed by atoms with Crippen LogP contribution in [0.5, 0.6) is 0 Å². The molecule has 0 aromatic carbocycles. The number of nitrogens with one attached hydrogen (secondary N) is 1. The van der Waals surface area contributed by atoms with Crippen molar-refractivity contribution >= 4 is 5.91 Å². The summed E-state index contributed by atoms with van der Waals surface area (Å²) in [5.74, 6) is -0.149. The van der Waals surface area contributed by atoms with Crippen LogP contribution in [0.1, 0.15) is 155 Å². The van der Waals surface area contributed by atoms with Gasteiger partial charge in [-0.2, -0.15) is 0 Å². The molecule has 4 N–H and O–H groups in total. The second-order valence-corrected chi connectivity index (χ2v) is 10.3. The smallest absolute Gasteiger partial charge is 0.220 e. The van der Waals surface area contributed by atoms with Gasteiger partial charge in [0.1, 0.15) is 6.10 Å². The molecule has 5 nitrogen and oxygen atoms in total. The SMILES string of the molecule is CCCCCCCCCCCCCC(=O)N[C@@H](CO)[C@H](O)[C@H](O)CCCCCCCCCCC. The van der Waals surface area contributed by atoms with Crippen molar-refractivity contribution in [3.8, 4) is 0 Å². The van der Waals surface area contributed by atoms with Crippen molar-refractivity contribution in [3.63, 3.8) is 0 Å². The van der Waals surface area contributed by atoms with Crippen LogP contribution in [0.3, 0.4) is 0 Å². The molecule has 0 spiro atoms. The number of carbonyl (C=O) groups excluding carboxylic acids is 1. The van der Waals surface area contributed by atoms with Crippen molar-refractivity contribution in [3.05, 3.63) is 0 Å². The van der Waals surface area contributed by atoms with Crippen molar-refractivity contribution in [1.29, 1.82) is 0 Å². The maximum absolute atomic E-state index is 12.2. The van der Waals surface area contributed by atoms with Crippen molar-refractivity contribution in [2.24, 2.45) is 0 Å². The molecule has 0 heterocycles. The van der Waals surface area contributed by atoms with Gasteiger partial charge in [0.05, 0.1) is 18.8 Å². The third-order valence-corrected chi connectivity index (χ3v) is 6.96. The molecule has 0 saturated heterocycles. The van der Waals surface area contributed by atoms with E-state index in [9.17, 15) is 20.1 Å². The fraction of sp³-hybridized carbons (Fsp3) is 0.966. The molecule has 0 aromatic rings. The number of hydrogen-bond donors (Lipinski definition) is 4. The highest BCUT2D eigenvalue weighted by atomic mass is 16.3. The van der Waals surface area contributed by atoms with Gasteiger partial charge >= 0.3 is 0 Å². The van der Waals surface area contributed by atoms with E-state index in [4.69, 9.17) is 0 Å². The Morgan fingerprint density at radius 2 is 1.00 bits per heavy atom. The first kappa shape index (κ1) is 33.4. The van der Waals surface area contributed by atoms with Gasteiger partial charge in [-0.25, -0.2) is 0 Å². The molecule has 204 valence electrons. The zero-order valence-corrected chi connectivity index (χ0v) is 22.7. The van der Waals surface area contributed by atoms with Gasteiger partial charge in [-0.15, -0.1) is 0 Å². The summed E-state index contributed by atoms with van der Waals surface area (Å²) in [6.45, 7) is 4.11. The molecule has 0 aliphatic heterocycles. The van der Waals surface area contributed by atoms with Crippen LogP contribution >= 0.6 is 0 Å². The molecule has 0 radical (unpaired) electrons. The molecular formula is C29H59NO4. The monoisotopic (exact) mass is 485 g/mol. The van der Waals surface area contributed by atoms with Crippen LogP contribution in [0.25, 0.3) is 0 Å². The largest absolute Gasteiger partial charge is 0.394 e. The summed E-state index contributed by atoms with van der Waals surface area (Å²) < 4.78 is 0. The van der Waals surface area contributed by atoms with Crippen LogP contribution in [0, 0.1) is 0 Å². The van der Waals surface area contributed by atoms with Crippen LogP contribution in [0.15, 0.2) is 0 Å². The Morgan fingerprint density at radius 1 is 0.618 bits per heavy atom. The second-order valence-electron chi connectivity index (χ2n) is 10.3. The Hall–Kier alpha value is -0.650. The molecule has 0 rings (SSSR count). The summed E-state index contributed by atoms with van der Waals surface area (Å²) in [7, 11) is 0. The molecule has 3 atom stereocenters. The summed E-state index contributed by atoms with van der Waals surface area (Å²) in [6.07, 6.45) is 23.3. The van der Waals surface area contributed by atoms with Gasteiger partial charge in [-0.3, -0.25) is 4.79 Å². The zero-order chi connectivity index (χ0) is 25.3. The molecule has 0 aliphatic carbocycles. The minimum Gasteiger partial charge on any atom is -0.394 e. The number of hydrogen-bond acceptors (Lipinski definition) is 4. The van der Waals surface area contributed by atoms with E-state index in [1.165, 1.54) is 89.9 Å². The Bertz CT molecular complexity index is 432. The van der Waals surface area contributed by atoms with Gasteiger partial charge in [0.15, 0.2) is 0 Å². The van der Waals surface area contributed by atoms with Crippen LogP contribution in [-0.4, -0.2) is 46.1 Å². The Kier molecular flexibility index (Phi) is 25.0. The molecule has 0 fully saturated rings. The van der Waals surface area contributed by atoms with Crippen LogP contribution in [0.2, 0.25) is 0 Å². The quantitative estimate of drug-likeness (QED) is 0.101. The molecule has 1 amide bonds. The van der Waals surface area contributed by atoms with E-state index in [0.29, 0.717) is 12.8 Å². The fourth-order valence-corrected chi connectivity index (χ4v) is 4.57. The molecule has 34 heavy (non-hydrogen) atoms. The predicted octanol–water partition coefficient (Wildman–Crippen LogP) is 6.81. The summed E-state index contributed by atoms with van der Waals surface area (Å²) >= 11 is 0. The summed E-state index contributed by atoms with van der Waals surface area (Å²) in [5.41, 5.74) is 0. The average molecular weight is 486 g/mol. The number of rotatable bonds is 26. The molecule has 0 aromatic heterocycles. The Labute approximate surface area is 211 Å². The predicted molar refractivity (Wildman–Crippen MR) is 144 cm³/mol. The van der Waals surface area contributed by atoms with Crippen LogP contribution < -0.4 is 5.32 Å². The lowest BCUT2D eigenvalue weighted by Crippen LogP contribution is -2.50. The highest BCUT2D eigenvalue weighted by Gasteiger charge is 2.26. The molecule has 0 unspecified atom stereocenters. The highest BCUT2D eigenvalue weighted by Crippen LogP contribution is 2.15. The van der Waals surface area contributed by atoms with Crippen molar-refractivity contribution in [2.75, 3.05) is 6.61 Å². The Morgan fingerprint density at radius 3 is 1.41 bits per heavy atom.